The van der Waals surface area contributed by atoms with Gasteiger partial charge in [0.2, 0.25) is 5.91 Å². The molecule has 2 saturated heterocycles. The van der Waals surface area contributed by atoms with Crippen molar-refractivity contribution in [3.63, 3.8) is 0 Å². The molecule has 1 amide bonds. The van der Waals surface area contributed by atoms with Crippen LogP contribution in [0, 0.1) is 5.92 Å². The van der Waals surface area contributed by atoms with Crippen LogP contribution in [0.2, 0.25) is 0 Å². The summed E-state index contributed by atoms with van der Waals surface area (Å²) in [6, 6.07) is 0.420. The number of aliphatic hydroxyl groups excluding tert-OH is 1. The van der Waals surface area contributed by atoms with E-state index in [2.05, 4.69) is 22.0 Å². The first kappa shape index (κ1) is 15.7. The lowest BCUT2D eigenvalue weighted by Gasteiger charge is -2.39. The van der Waals surface area contributed by atoms with E-state index in [0.717, 1.165) is 39.0 Å². The molecule has 0 saturated carbocycles. The van der Waals surface area contributed by atoms with Gasteiger partial charge in [-0.3, -0.25) is 14.6 Å². The highest BCUT2D eigenvalue weighted by atomic mass is 16.3. The topological polar surface area (TPSA) is 81.8 Å². The van der Waals surface area contributed by atoms with E-state index < -0.39 is 0 Å². The van der Waals surface area contributed by atoms with Crippen molar-refractivity contribution in [1.29, 1.82) is 0 Å². The Bertz CT molecular complexity index is 320. The Hall–Kier alpha value is -0.690. The van der Waals surface area contributed by atoms with Gasteiger partial charge in [0.1, 0.15) is 0 Å². The molecule has 20 heavy (non-hydrogen) atoms. The number of aliphatic hydroxyl groups is 1. The van der Waals surface area contributed by atoms with E-state index in [0.29, 0.717) is 25.7 Å². The summed E-state index contributed by atoms with van der Waals surface area (Å²) in [5.74, 6) is -0.268. The number of rotatable bonds is 5. The Morgan fingerprint density at radius 1 is 1.35 bits per heavy atom. The summed E-state index contributed by atoms with van der Waals surface area (Å²) in [6.07, 6.45) is 1.50. The number of hydrogen-bond acceptors (Lipinski definition) is 5. The molecule has 0 aromatic heterocycles. The second-order valence-corrected chi connectivity index (χ2v) is 6.18. The van der Waals surface area contributed by atoms with Crippen LogP contribution < -0.4 is 11.1 Å². The molecule has 3 atom stereocenters. The van der Waals surface area contributed by atoms with Gasteiger partial charge in [-0.2, -0.15) is 0 Å². The molecule has 2 fully saturated rings. The minimum atomic E-state index is -0.359. The number of nitrogens with zero attached hydrogens (tertiary/aromatic N) is 2. The molecule has 0 aromatic rings. The molecule has 6 heteroatoms. The molecule has 6 nitrogen and oxygen atoms in total. The van der Waals surface area contributed by atoms with Crippen molar-refractivity contribution in [2.24, 2.45) is 11.7 Å². The average molecular weight is 284 g/mol. The van der Waals surface area contributed by atoms with Crippen LogP contribution in [-0.4, -0.2) is 78.8 Å². The second kappa shape index (κ2) is 7.36. The SMILES string of the molecule is CC1CCC(C(N)=O)CN1CC(O)CN1CCNCC1. The first-order valence-corrected chi connectivity index (χ1v) is 7.70. The average Bonchev–Trinajstić information content (AvgIpc) is 2.42. The molecular weight excluding hydrogens is 256 g/mol. The zero-order valence-corrected chi connectivity index (χ0v) is 12.4. The molecule has 0 radical (unpaired) electrons. The van der Waals surface area contributed by atoms with Crippen LogP contribution in [0.25, 0.3) is 0 Å². The quantitative estimate of drug-likeness (QED) is 0.593. The van der Waals surface area contributed by atoms with Gasteiger partial charge in [0.15, 0.2) is 0 Å². The van der Waals surface area contributed by atoms with Crippen molar-refractivity contribution >= 4 is 5.91 Å². The van der Waals surface area contributed by atoms with E-state index in [1.807, 2.05) is 0 Å². The van der Waals surface area contributed by atoms with Gasteiger partial charge < -0.3 is 16.2 Å². The molecular formula is C14H28N4O2. The minimum absolute atomic E-state index is 0.0578. The van der Waals surface area contributed by atoms with Crippen molar-refractivity contribution in [3.8, 4) is 0 Å². The molecule has 0 spiro atoms. The molecule has 2 rings (SSSR count). The Labute approximate surface area is 121 Å². The van der Waals surface area contributed by atoms with Crippen LogP contribution in [-0.2, 0) is 4.79 Å². The van der Waals surface area contributed by atoms with Crippen LogP contribution in [0.5, 0.6) is 0 Å². The van der Waals surface area contributed by atoms with Crippen molar-refractivity contribution in [1.82, 2.24) is 15.1 Å². The number of piperidine rings is 1. The highest BCUT2D eigenvalue weighted by Gasteiger charge is 2.30. The number of hydrogen-bond donors (Lipinski definition) is 3. The fraction of sp³-hybridized carbons (Fsp3) is 0.929. The molecule has 116 valence electrons. The van der Waals surface area contributed by atoms with Gasteiger partial charge in [0.05, 0.1) is 12.0 Å². The summed E-state index contributed by atoms with van der Waals surface area (Å²) >= 11 is 0. The van der Waals surface area contributed by atoms with Gasteiger partial charge in [0, 0.05) is 51.9 Å². The third kappa shape index (κ3) is 4.41. The summed E-state index contributed by atoms with van der Waals surface area (Å²) < 4.78 is 0. The number of primary amides is 1. The van der Waals surface area contributed by atoms with Crippen LogP contribution >= 0.6 is 0 Å². The molecule has 3 unspecified atom stereocenters. The van der Waals surface area contributed by atoms with Crippen molar-refractivity contribution in [3.05, 3.63) is 0 Å². The molecule has 2 aliphatic heterocycles. The van der Waals surface area contributed by atoms with Crippen LogP contribution in [0.1, 0.15) is 19.8 Å². The highest BCUT2D eigenvalue weighted by Crippen LogP contribution is 2.21. The standard InChI is InChI=1S/C14H28N4O2/c1-11-2-3-12(14(15)20)8-18(11)10-13(19)9-17-6-4-16-5-7-17/h11-13,16,19H,2-10H2,1H3,(H2,15,20). The van der Waals surface area contributed by atoms with Crippen molar-refractivity contribution in [2.75, 3.05) is 45.8 Å². The lowest BCUT2D eigenvalue weighted by Crippen LogP contribution is -2.52. The number of carbonyl (C=O) groups is 1. The molecule has 0 aliphatic carbocycles. The van der Waals surface area contributed by atoms with Crippen LogP contribution in [0.4, 0.5) is 0 Å². The number of β-amino-alcohol motifs (C(OH)–C–C–N with tert-alkyl or cyclic N) is 1. The van der Waals surface area contributed by atoms with E-state index >= 15 is 0 Å². The van der Waals surface area contributed by atoms with Gasteiger partial charge in [-0.25, -0.2) is 0 Å². The Kier molecular flexibility index (Phi) is 5.77. The Morgan fingerprint density at radius 2 is 2.05 bits per heavy atom. The molecule has 0 aromatic carbocycles. The Morgan fingerprint density at radius 3 is 2.70 bits per heavy atom. The first-order valence-electron chi connectivity index (χ1n) is 7.70. The maximum atomic E-state index is 11.3. The summed E-state index contributed by atoms with van der Waals surface area (Å²) in [4.78, 5) is 15.8. The first-order chi connectivity index (χ1) is 9.56. The zero-order valence-electron chi connectivity index (χ0n) is 12.4. The van der Waals surface area contributed by atoms with E-state index in [1.165, 1.54) is 0 Å². The minimum Gasteiger partial charge on any atom is -0.390 e. The summed E-state index contributed by atoms with van der Waals surface area (Å²) in [5.41, 5.74) is 5.41. The second-order valence-electron chi connectivity index (χ2n) is 6.18. The zero-order chi connectivity index (χ0) is 14.5. The van der Waals surface area contributed by atoms with Gasteiger partial charge in [-0.05, 0) is 19.8 Å². The van der Waals surface area contributed by atoms with Gasteiger partial charge in [0.25, 0.3) is 0 Å². The maximum absolute atomic E-state index is 11.3. The lowest BCUT2D eigenvalue weighted by molar-refractivity contribution is -0.124. The highest BCUT2D eigenvalue weighted by molar-refractivity contribution is 5.76. The third-order valence-corrected chi connectivity index (χ3v) is 4.54. The lowest BCUT2D eigenvalue weighted by atomic mass is 9.92. The fourth-order valence-corrected chi connectivity index (χ4v) is 3.19. The fourth-order valence-electron chi connectivity index (χ4n) is 3.19. The van der Waals surface area contributed by atoms with Gasteiger partial charge in [-0.1, -0.05) is 0 Å². The number of nitrogens with one attached hydrogen (secondary N) is 1. The number of carbonyl (C=O) groups excluding carboxylic acids is 1. The number of likely N-dealkylation sites (tertiary alicyclic amines) is 1. The normalized spacial score (nSPS) is 31.1. The molecule has 2 aliphatic rings. The van der Waals surface area contributed by atoms with Crippen molar-refractivity contribution < 1.29 is 9.90 Å². The van der Waals surface area contributed by atoms with E-state index in [1.54, 1.807) is 0 Å². The predicted octanol–water partition coefficient (Wildman–Crippen LogP) is -1.16. The summed E-state index contributed by atoms with van der Waals surface area (Å²) in [6.45, 7) is 8.19. The summed E-state index contributed by atoms with van der Waals surface area (Å²) in [7, 11) is 0. The van der Waals surface area contributed by atoms with Crippen LogP contribution in [0.3, 0.4) is 0 Å². The number of nitrogens with two attached hydrogens (primary N) is 1. The van der Waals surface area contributed by atoms with Crippen molar-refractivity contribution in [2.45, 2.75) is 31.9 Å². The third-order valence-electron chi connectivity index (χ3n) is 4.54. The van der Waals surface area contributed by atoms with E-state index in [4.69, 9.17) is 5.73 Å². The van der Waals surface area contributed by atoms with Gasteiger partial charge >= 0.3 is 0 Å². The number of piperazine rings is 1. The predicted molar refractivity (Wildman–Crippen MR) is 78.3 cm³/mol. The van der Waals surface area contributed by atoms with E-state index in [-0.39, 0.29) is 17.9 Å². The molecule has 2 heterocycles. The maximum Gasteiger partial charge on any atom is 0.221 e. The van der Waals surface area contributed by atoms with Crippen LogP contribution in [0.15, 0.2) is 0 Å². The Balaban J connectivity index is 1.79. The number of amides is 1. The monoisotopic (exact) mass is 284 g/mol. The summed E-state index contributed by atoms with van der Waals surface area (Å²) in [5, 5.41) is 13.6. The molecule has 4 N–H and O–H groups in total. The van der Waals surface area contributed by atoms with Gasteiger partial charge in [-0.15, -0.1) is 0 Å². The van der Waals surface area contributed by atoms with E-state index in [9.17, 15) is 9.90 Å². The smallest absolute Gasteiger partial charge is 0.221 e. The molecule has 0 bridgehead atoms. The largest absolute Gasteiger partial charge is 0.390 e.